The number of nitrogens with zero attached hydrogens (tertiary/aromatic N) is 3. The zero-order valence-corrected chi connectivity index (χ0v) is 11.8. The van der Waals surface area contributed by atoms with Crippen molar-refractivity contribution in [2.75, 3.05) is 5.73 Å². The smallest absolute Gasteiger partial charge is 0.251 e. The van der Waals surface area contributed by atoms with Crippen molar-refractivity contribution in [2.45, 2.75) is 37.7 Å². The standard InChI is InChI=1S/C13H17N5O4/c1-4-16-11(14)8-5(12(15)22)3-18(13(8)17-4)6-2-7(19)10(21)9(6)20/h3,6-7,9-10,19-21H,2H2,1H3,(H2,15,22)(H2,14,16,17)/t6-,7+,9+,10-/m1/s1. The van der Waals surface area contributed by atoms with E-state index in [1.165, 1.54) is 10.8 Å². The average molecular weight is 307 g/mol. The molecule has 0 spiro atoms. The molecule has 2 aromatic rings. The number of hydrogen-bond acceptors (Lipinski definition) is 7. The number of aliphatic hydroxyl groups is 3. The van der Waals surface area contributed by atoms with Crippen LogP contribution in [0, 0.1) is 6.92 Å². The van der Waals surface area contributed by atoms with E-state index in [4.69, 9.17) is 11.5 Å². The largest absolute Gasteiger partial charge is 0.390 e. The molecule has 1 saturated carbocycles. The van der Waals surface area contributed by atoms with Crippen LogP contribution in [0.3, 0.4) is 0 Å². The number of hydrogen-bond donors (Lipinski definition) is 5. The second-order valence-electron chi connectivity index (χ2n) is 5.52. The molecule has 1 amide bonds. The lowest BCUT2D eigenvalue weighted by Gasteiger charge is -2.18. The third kappa shape index (κ3) is 2.02. The van der Waals surface area contributed by atoms with E-state index in [9.17, 15) is 20.1 Å². The Hall–Kier alpha value is -2.23. The molecule has 2 heterocycles. The minimum absolute atomic E-state index is 0.114. The van der Waals surface area contributed by atoms with Gasteiger partial charge in [-0.3, -0.25) is 4.79 Å². The Bertz CT molecular complexity index is 758. The molecule has 2 aromatic heterocycles. The van der Waals surface area contributed by atoms with Crippen molar-refractivity contribution in [3.63, 3.8) is 0 Å². The maximum atomic E-state index is 11.6. The van der Waals surface area contributed by atoms with E-state index in [1.54, 1.807) is 6.92 Å². The van der Waals surface area contributed by atoms with Gasteiger partial charge in [0.1, 0.15) is 29.5 Å². The third-order valence-electron chi connectivity index (χ3n) is 4.06. The molecule has 7 N–H and O–H groups in total. The van der Waals surface area contributed by atoms with E-state index < -0.39 is 30.3 Å². The number of aliphatic hydroxyl groups excluding tert-OH is 3. The second-order valence-corrected chi connectivity index (χ2v) is 5.52. The Balaban J connectivity index is 2.25. The van der Waals surface area contributed by atoms with Crippen molar-refractivity contribution < 1.29 is 20.1 Å². The summed E-state index contributed by atoms with van der Waals surface area (Å²) < 4.78 is 1.52. The minimum Gasteiger partial charge on any atom is -0.390 e. The molecule has 22 heavy (non-hydrogen) atoms. The van der Waals surface area contributed by atoms with Crippen LogP contribution in [0.25, 0.3) is 11.0 Å². The highest BCUT2D eigenvalue weighted by atomic mass is 16.4. The van der Waals surface area contributed by atoms with Gasteiger partial charge in [-0.15, -0.1) is 0 Å². The van der Waals surface area contributed by atoms with Crippen molar-refractivity contribution >= 4 is 22.8 Å². The number of primary amides is 1. The predicted molar refractivity (Wildman–Crippen MR) is 76.9 cm³/mol. The highest BCUT2D eigenvalue weighted by molar-refractivity contribution is 6.08. The van der Waals surface area contributed by atoms with E-state index >= 15 is 0 Å². The van der Waals surface area contributed by atoms with Gasteiger partial charge in [0.15, 0.2) is 0 Å². The number of nitrogens with two attached hydrogens (primary N) is 2. The summed E-state index contributed by atoms with van der Waals surface area (Å²) in [5, 5.41) is 29.9. The summed E-state index contributed by atoms with van der Waals surface area (Å²) in [6, 6.07) is -0.644. The summed E-state index contributed by atoms with van der Waals surface area (Å²) >= 11 is 0. The molecule has 118 valence electrons. The number of nitrogen functional groups attached to an aromatic ring is 1. The molecule has 0 aromatic carbocycles. The Labute approximate surface area is 125 Å². The lowest BCUT2D eigenvalue weighted by atomic mass is 10.2. The number of anilines is 1. The molecule has 1 aliphatic carbocycles. The average Bonchev–Trinajstić information content (AvgIpc) is 2.92. The summed E-state index contributed by atoms with van der Waals surface area (Å²) in [6.07, 6.45) is -1.97. The van der Waals surface area contributed by atoms with Crippen molar-refractivity contribution in [3.05, 3.63) is 17.6 Å². The van der Waals surface area contributed by atoms with Gasteiger partial charge in [-0.2, -0.15) is 0 Å². The van der Waals surface area contributed by atoms with Gasteiger partial charge in [-0.25, -0.2) is 9.97 Å². The summed E-state index contributed by atoms with van der Waals surface area (Å²) in [5.74, 6) is -0.186. The van der Waals surface area contributed by atoms with E-state index in [0.717, 1.165) is 0 Å². The zero-order chi connectivity index (χ0) is 16.2. The summed E-state index contributed by atoms with van der Waals surface area (Å²) in [7, 11) is 0. The van der Waals surface area contributed by atoms with E-state index in [0.29, 0.717) is 16.9 Å². The first-order valence-corrected chi connectivity index (χ1v) is 6.80. The first-order chi connectivity index (χ1) is 10.3. The monoisotopic (exact) mass is 307 g/mol. The Morgan fingerprint density at radius 2 is 2.00 bits per heavy atom. The second kappa shape index (κ2) is 4.90. The van der Waals surface area contributed by atoms with Crippen LogP contribution in [0.1, 0.15) is 28.6 Å². The number of amides is 1. The maximum absolute atomic E-state index is 11.6. The quantitative estimate of drug-likeness (QED) is 0.448. The van der Waals surface area contributed by atoms with Gasteiger partial charge in [0.05, 0.1) is 23.1 Å². The number of fused-ring (bicyclic) bond motifs is 1. The van der Waals surface area contributed by atoms with Gasteiger partial charge in [-0.05, 0) is 13.3 Å². The van der Waals surface area contributed by atoms with Crippen LogP contribution >= 0.6 is 0 Å². The number of rotatable bonds is 2. The molecule has 0 saturated heterocycles. The number of aromatic nitrogens is 3. The molecule has 0 radical (unpaired) electrons. The number of carbonyl (C=O) groups excluding carboxylic acids is 1. The fourth-order valence-corrected chi connectivity index (χ4v) is 2.99. The summed E-state index contributed by atoms with van der Waals surface area (Å²) in [4.78, 5) is 19.9. The Morgan fingerprint density at radius 3 is 2.55 bits per heavy atom. The third-order valence-corrected chi connectivity index (χ3v) is 4.06. The van der Waals surface area contributed by atoms with Crippen LogP contribution in [-0.2, 0) is 0 Å². The fraction of sp³-hybridized carbons (Fsp3) is 0.462. The molecule has 0 aliphatic heterocycles. The highest BCUT2D eigenvalue weighted by Gasteiger charge is 2.42. The molecule has 1 aliphatic rings. The highest BCUT2D eigenvalue weighted by Crippen LogP contribution is 2.35. The van der Waals surface area contributed by atoms with Gasteiger partial charge >= 0.3 is 0 Å². The normalized spacial score (nSPS) is 28.4. The summed E-state index contributed by atoms with van der Waals surface area (Å²) in [6.45, 7) is 1.64. The summed E-state index contributed by atoms with van der Waals surface area (Å²) in [5.41, 5.74) is 11.7. The van der Waals surface area contributed by atoms with Crippen LogP contribution in [-0.4, -0.2) is 54.1 Å². The van der Waals surface area contributed by atoms with Crippen molar-refractivity contribution in [1.82, 2.24) is 14.5 Å². The SMILES string of the molecule is Cc1nc(N)c2c(C(N)=O)cn([C@@H]3C[C@H](O)[C@@H](O)[C@H]3O)c2n1. The molecule has 3 rings (SSSR count). The maximum Gasteiger partial charge on any atom is 0.251 e. The van der Waals surface area contributed by atoms with E-state index in [-0.39, 0.29) is 17.8 Å². The first kappa shape index (κ1) is 14.7. The molecule has 1 fully saturated rings. The van der Waals surface area contributed by atoms with Crippen LogP contribution in [0.5, 0.6) is 0 Å². The lowest BCUT2D eigenvalue weighted by molar-refractivity contribution is -0.0244. The predicted octanol–water partition coefficient (Wildman–Crippen LogP) is -1.55. The van der Waals surface area contributed by atoms with Crippen molar-refractivity contribution in [3.8, 4) is 0 Å². The van der Waals surface area contributed by atoms with Gasteiger partial charge in [0, 0.05) is 6.20 Å². The molecule has 0 unspecified atom stereocenters. The first-order valence-electron chi connectivity index (χ1n) is 6.80. The van der Waals surface area contributed by atoms with Gasteiger partial charge in [0.25, 0.3) is 5.91 Å². The van der Waals surface area contributed by atoms with Gasteiger partial charge in [0.2, 0.25) is 0 Å². The van der Waals surface area contributed by atoms with Crippen molar-refractivity contribution in [1.29, 1.82) is 0 Å². The van der Waals surface area contributed by atoms with Crippen LogP contribution in [0.2, 0.25) is 0 Å². The van der Waals surface area contributed by atoms with Crippen LogP contribution in [0.4, 0.5) is 5.82 Å². The molecule has 9 heteroatoms. The van der Waals surface area contributed by atoms with Crippen molar-refractivity contribution in [2.24, 2.45) is 5.73 Å². The molecular formula is C13H17N5O4. The van der Waals surface area contributed by atoms with Gasteiger partial charge < -0.3 is 31.4 Å². The van der Waals surface area contributed by atoms with Crippen LogP contribution < -0.4 is 11.5 Å². The molecule has 4 atom stereocenters. The molecular weight excluding hydrogens is 290 g/mol. The Kier molecular flexibility index (Phi) is 3.28. The Morgan fingerprint density at radius 1 is 1.32 bits per heavy atom. The number of aryl methyl sites for hydroxylation is 1. The van der Waals surface area contributed by atoms with Crippen LogP contribution in [0.15, 0.2) is 6.20 Å². The zero-order valence-electron chi connectivity index (χ0n) is 11.8. The number of carbonyl (C=O) groups is 1. The van der Waals surface area contributed by atoms with Gasteiger partial charge in [-0.1, -0.05) is 0 Å². The fourth-order valence-electron chi connectivity index (χ4n) is 2.99. The minimum atomic E-state index is -1.26. The topological polar surface area (TPSA) is 161 Å². The molecule has 9 nitrogen and oxygen atoms in total. The van der Waals surface area contributed by atoms with E-state index in [2.05, 4.69) is 9.97 Å². The van der Waals surface area contributed by atoms with E-state index in [1.807, 2.05) is 0 Å². The molecule has 0 bridgehead atoms. The lowest BCUT2D eigenvalue weighted by Crippen LogP contribution is -2.31.